The number of ether oxygens (including phenoxy) is 1. The van der Waals surface area contributed by atoms with E-state index in [1.807, 2.05) is 19.2 Å². The summed E-state index contributed by atoms with van der Waals surface area (Å²) in [7, 11) is 2.02. The second-order valence-electron chi connectivity index (χ2n) is 7.09. The Kier molecular flexibility index (Phi) is 9.24. The minimum absolute atomic E-state index is 0. The Balaban J connectivity index is 0.00000280. The van der Waals surface area contributed by atoms with Gasteiger partial charge in [-0.15, -0.1) is 24.0 Å². The number of aromatic nitrogens is 1. The van der Waals surface area contributed by atoms with Crippen LogP contribution in [0, 0.1) is 12.8 Å². The number of nitrogens with zero attached hydrogens (tertiary/aromatic N) is 3. The van der Waals surface area contributed by atoms with Crippen molar-refractivity contribution < 1.29 is 9.15 Å². The van der Waals surface area contributed by atoms with Crippen molar-refractivity contribution in [2.75, 3.05) is 33.4 Å². The molecule has 28 heavy (non-hydrogen) atoms. The molecular formula is C21H31IN4O2. The van der Waals surface area contributed by atoms with E-state index in [4.69, 9.17) is 9.15 Å². The first-order valence-electron chi connectivity index (χ1n) is 9.74. The minimum Gasteiger partial charge on any atom is -0.439 e. The molecule has 0 amide bonds. The van der Waals surface area contributed by atoms with Gasteiger partial charge in [-0.25, -0.2) is 9.98 Å². The zero-order valence-corrected chi connectivity index (χ0v) is 19.3. The number of nitrogens with one attached hydrogen (secondary N) is 1. The van der Waals surface area contributed by atoms with Crippen LogP contribution < -0.4 is 5.32 Å². The molecule has 0 spiro atoms. The number of benzene rings is 1. The maximum atomic E-state index is 5.86. The van der Waals surface area contributed by atoms with E-state index >= 15 is 0 Å². The van der Waals surface area contributed by atoms with Crippen LogP contribution in [0.15, 0.2) is 39.9 Å². The molecule has 1 N–H and O–H groups in total. The summed E-state index contributed by atoms with van der Waals surface area (Å²) in [4.78, 5) is 11.1. The molecule has 0 saturated heterocycles. The lowest BCUT2D eigenvalue weighted by atomic mass is 10.1. The lowest BCUT2D eigenvalue weighted by Gasteiger charge is -2.21. The van der Waals surface area contributed by atoms with Crippen molar-refractivity contribution in [2.45, 2.75) is 33.2 Å². The van der Waals surface area contributed by atoms with Crippen molar-refractivity contribution in [1.82, 2.24) is 15.2 Å². The predicted octanol–water partition coefficient (Wildman–Crippen LogP) is 4.09. The molecule has 0 unspecified atom stereocenters. The SMILES string of the molecule is CCNC(=NCc1ncc(-c2ccc(C)cc2)o1)N(C)CCOCC1CC1.I. The lowest BCUT2D eigenvalue weighted by molar-refractivity contribution is 0.115. The predicted molar refractivity (Wildman–Crippen MR) is 123 cm³/mol. The van der Waals surface area contributed by atoms with Crippen molar-refractivity contribution in [2.24, 2.45) is 10.9 Å². The molecule has 1 aromatic heterocycles. The minimum atomic E-state index is 0. The Morgan fingerprint density at radius 1 is 1.32 bits per heavy atom. The third-order valence-corrected chi connectivity index (χ3v) is 4.57. The number of aliphatic imine (C=N–C) groups is 1. The van der Waals surface area contributed by atoms with Crippen LogP contribution in [-0.4, -0.2) is 49.2 Å². The van der Waals surface area contributed by atoms with Gasteiger partial charge in [0.15, 0.2) is 11.7 Å². The van der Waals surface area contributed by atoms with Crippen LogP contribution in [-0.2, 0) is 11.3 Å². The normalized spacial score (nSPS) is 13.9. The van der Waals surface area contributed by atoms with Crippen LogP contribution in [0.4, 0.5) is 0 Å². The number of guanidine groups is 1. The molecule has 0 aliphatic heterocycles. The topological polar surface area (TPSA) is 62.9 Å². The Bertz CT molecular complexity index is 741. The zero-order chi connectivity index (χ0) is 19.1. The van der Waals surface area contributed by atoms with Crippen LogP contribution in [0.2, 0.25) is 0 Å². The fourth-order valence-electron chi connectivity index (χ4n) is 2.69. The maximum absolute atomic E-state index is 5.86. The highest BCUT2D eigenvalue weighted by Gasteiger charge is 2.21. The molecule has 154 valence electrons. The second kappa shape index (κ2) is 11.4. The maximum Gasteiger partial charge on any atom is 0.216 e. The number of hydrogen-bond acceptors (Lipinski definition) is 4. The summed E-state index contributed by atoms with van der Waals surface area (Å²) in [6.45, 7) is 7.76. The highest BCUT2D eigenvalue weighted by Crippen LogP contribution is 2.28. The van der Waals surface area contributed by atoms with Gasteiger partial charge in [-0.1, -0.05) is 29.8 Å². The lowest BCUT2D eigenvalue weighted by Crippen LogP contribution is -2.40. The molecule has 1 aliphatic rings. The Labute approximate surface area is 184 Å². The molecule has 0 radical (unpaired) electrons. The summed E-state index contributed by atoms with van der Waals surface area (Å²) in [5.41, 5.74) is 2.25. The third-order valence-electron chi connectivity index (χ3n) is 4.57. The Morgan fingerprint density at radius 3 is 2.75 bits per heavy atom. The smallest absolute Gasteiger partial charge is 0.216 e. The van der Waals surface area contributed by atoms with Gasteiger partial charge < -0.3 is 19.4 Å². The first-order valence-corrected chi connectivity index (χ1v) is 9.74. The van der Waals surface area contributed by atoms with Gasteiger partial charge in [-0.3, -0.25) is 0 Å². The van der Waals surface area contributed by atoms with Gasteiger partial charge in [0.25, 0.3) is 0 Å². The van der Waals surface area contributed by atoms with Crippen molar-refractivity contribution >= 4 is 29.9 Å². The van der Waals surface area contributed by atoms with Gasteiger partial charge >= 0.3 is 0 Å². The van der Waals surface area contributed by atoms with E-state index in [1.165, 1.54) is 18.4 Å². The summed E-state index contributed by atoms with van der Waals surface area (Å²) in [6.07, 6.45) is 4.40. The second-order valence-corrected chi connectivity index (χ2v) is 7.09. The highest BCUT2D eigenvalue weighted by molar-refractivity contribution is 14.0. The molecule has 1 saturated carbocycles. The molecule has 3 rings (SSSR count). The fourth-order valence-corrected chi connectivity index (χ4v) is 2.69. The average molecular weight is 498 g/mol. The summed E-state index contributed by atoms with van der Waals surface area (Å²) in [6, 6.07) is 8.23. The van der Waals surface area contributed by atoms with Gasteiger partial charge in [0.2, 0.25) is 5.89 Å². The third kappa shape index (κ3) is 7.09. The number of likely N-dealkylation sites (N-methyl/N-ethyl adjacent to an activating group) is 1. The molecule has 0 atom stereocenters. The van der Waals surface area contributed by atoms with E-state index in [1.54, 1.807) is 6.20 Å². The zero-order valence-electron chi connectivity index (χ0n) is 17.0. The van der Waals surface area contributed by atoms with Crippen LogP contribution in [0.1, 0.15) is 31.2 Å². The van der Waals surface area contributed by atoms with Gasteiger partial charge in [-0.2, -0.15) is 0 Å². The number of rotatable bonds is 9. The van der Waals surface area contributed by atoms with Gasteiger partial charge in [0.05, 0.1) is 12.8 Å². The van der Waals surface area contributed by atoms with Gasteiger partial charge in [0.1, 0.15) is 6.54 Å². The van der Waals surface area contributed by atoms with E-state index in [9.17, 15) is 0 Å². The van der Waals surface area contributed by atoms with E-state index in [0.717, 1.165) is 42.9 Å². The summed E-state index contributed by atoms with van der Waals surface area (Å²) < 4.78 is 11.6. The van der Waals surface area contributed by atoms with Crippen molar-refractivity contribution in [3.63, 3.8) is 0 Å². The summed E-state index contributed by atoms with van der Waals surface area (Å²) >= 11 is 0. The van der Waals surface area contributed by atoms with E-state index in [-0.39, 0.29) is 24.0 Å². The van der Waals surface area contributed by atoms with Crippen molar-refractivity contribution in [1.29, 1.82) is 0 Å². The molecule has 1 heterocycles. The molecule has 1 fully saturated rings. The monoisotopic (exact) mass is 498 g/mol. The van der Waals surface area contributed by atoms with Crippen LogP contribution in [0.3, 0.4) is 0 Å². The largest absolute Gasteiger partial charge is 0.439 e. The van der Waals surface area contributed by atoms with Gasteiger partial charge in [0, 0.05) is 32.3 Å². The summed E-state index contributed by atoms with van der Waals surface area (Å²) in [5, 5.41) is 3.31. The molecule has 1 aliphatic carbocycles. The Hall–Kier alpha value is -1.61. The van der Waals surface area contributed by atoms with E-state index in [2.05, 4.69) is 46.2 Å². The molecule has 0 bridgehead atoms. The number of hydrogen-bond donors (Lipinski definition) is 1. The number of oxazole rings is 1. The fraction of sp³-hybridized carbons (Fsp3) is 0.524. The van der Waals surface area contributed by atoms with Crippen molar-refractivity contribution in [3.8, 4) is 11.3 Å². The van der Waals surface area contributed by atoms with E-state index in [0.29, 0.717) is 19.0 Å². The standard InChI is InChI=1S/C21H30N4O2.HI/c1-4-22-21(25(3)11-12-26-15-17-7-8-17)24-14-20-23-13-19(27-20)18-9-5-16(2)6-10-18;/h5-6,9-10,13,17H,4,7-8,11-12,14-15H2,1-3H3,(H,22,24);1H. The molecule has 6 nitrogen and oxygen atoms in total. The first-order chi connectivity index (χ1) is 13.2. The molecular weight excluding hydrogens is 467 g/mol. The number of aryl methyl sites for hydroxylation is 1. The van der Waals surface area contributed by atoms with Gasteiger partial charge in [-0.05, 0) is 32.6 Å². The summed E-state index contributed by atoms with van der Waals surface area (Å²) in [5.74, 6) is 3.01. The van der Waals surface area contributed by atoms with Crippen LogP contribution >= 0.6 is 24.0 Å². The van der Waals surface area contributed by atoms with E-state index < -0.39 is 0 Å². The van der Waals surface area contributed by atoms with Crippen LogP contribution in [0.25, 0.3) is 11.3 Å². The average Bonchev–Trinajstić information content (AvgIpc) is 3.38. The Morgan fingerprint density at radius 2 is 2.07 bits per heavy atom. The highest BCUT2D eigenvalue weighted by atomic mass is 127. The molecule has 2 aromatic rings. The van der Waals surface area contributed by atoms with Crippen LogP contribution in [0.5, 0.6) is 0 Å². The number of halogens is 1. The quantitative estimate of drug-likeness (QED) is 0.244. The van der Waals surface area contributed by atoms with Crippen molar-refractivity contribution in [3.05, 3.63) is 41.9 Å². The molecule has 7 heteroatoms. The molecule has 1 aromatic carbocycles. The first kappa shape index (κ1) is 22.7.